The van der Waals surface area contributed by atoms with E-state index in [0.717, 1.165) is 16.2 Å². The number of benzene rings is 1. The molecule has 0 bridgehead atoms. The monoisotopic (exact) mass is 217 g/mol. The molecule has 0 aromatic heterocycles. The van der Waals surface area contributed by atoms with Crippen LogP contribution < -0.4 is 0 Å². The fourth-order valence-corrected chi connectivity index (χ4v) is 1.93. The van der Waals surface area contributed by atoms with Gasteiger partial charge in [0.1, 0.15) is 0 Å². The minimum absolute atomic E-state index is 0.325. The minimum Gasteiger partial charge on any atom is -0.285 e. The molecule has 1 aromatic rings. The van der Waals surface area contributed by atoms with Crippen molar-refractivity contribution in [3.63, 3.8) is 0 Å². The number of hydrogen-bond acceptors (Lipinski definition) is 2. The Hall–Kier alpha value is -1.61. The average molecular weight is 217 g/mol. The van der Waals surface area contributed by atoms with Gasteiger partial charge >= 0.3 is 0 Å². The summed E-state index contributed by atoms with van der Waals surface area (Å²) in [5.41, 5.74) is 1.73. The smallest absolute Gasteiger partial charge is 0.278 e. The van der Waals surface area contributed by atoms with Gasteiger partial charge in [-0.05, 0) is 31.9 Å². The molecule has 1 heterocycles. The normalized spacial score (nSPS) is 19.5. The molecule has 0 saturated carbocycles. The lowest BCUT2D eigenvalue weighted by atomic mass is 9.93. The summed E-state index contributed by atoms with van der Waals surface area (Å²) >= 11 is 0. The Morgan fingerprint density at radius 1 is 1.19 bits per heavy atom. The molecule has 1 aliphatic rings. The molecule has 0 spiro atoms. The SMILES string of the molecule is CC1=C(c2ccccc2)C(=O)N(O)C1(C)C. The fraction of sp³-hybridized carbons (Fsp3) is 0.308. The highest BCUT2D eigenvalue weighted by molar-refractivity contribution is 6.22. The molecule has 3 nitrogen and oxygen atoms in total. The van der Waals surface area contributed by atoms with Crippen LogP contribution in [0.3, 0.4) is 0 Å². The Kier molecular flexibility index (Phi) is 2.35. The van der Waals surface area contributed by atoms with Crippen LogP contribution in [0.25, 0.3) is 5.57 Å². The van der Waals surface area contributed by atoms with Crippen molar-refractivity contribution >= 4 is 11.5 Å². The molecule has 0 radical (unpaired) electrons. The Labute approximate surface area is 95.0 Å². The number of carbonyl (C=O) groups excluding carboxylic acids is 1. The Balaban J connectivity index is 2.58. The zero-order chi connectivity index (χ0) is 11.9. The van der Waals surface area contributed by atoms with Crippen molar-refractivity contribution in [3.8, 4) is 0 Å². The van der Waals surface area contributed by atoms with Gasteiger partial charge < -0.3 is 0 Å². The lowest BCUT2D eigenvalue weighted by molar-refractivity contribution is -0.172. The molecule has 0 aliphatic carbocycles. The zero-order valence-electron chi connectivity index (χ0n) is 9.69. The van der Waals surface area contributed by atoms with Crippen LogP contribution in [-0.4, -0.2) is 21.7 Å². The molecule has 3 heteroatoms. The molecule has 1 N–H and O–H groups in total. The van der Waals surface area contributed by atoms with Crippen LogP contribution in [-0.2, 0) is 4.79 Å². The van der Waals surface area contributed by atoms with Crippen LogP contribution in [0.1, 0.15) is 26.3 Å². The van der Waals surface area contributed by atoms with Crippen molar-refractivity contribution in [2.24, 2.45) is 0 Å². The molecule has 0 unspecified atom stereocenters. The van der Waals surface area contributed by atoms with E-state index < -0.39 is 5.54 Å². The van der Waals surface area contributed by atoms with Crippen molar-refractivity contribution in [2.45, 2.75) is 26.3 Å². The Morgan fingerprint density at radius 3 is 2.19 bits per heavy atom. The van der Waals surface area contributed by atoms with Crippen molar-refractivity contribution in [1.29, 1.82) is 0 Å². The van der Waals surface area contributed by atoms with E-state index in [-0.39, 0.29) is 5.91 Å². The quantitative estimate of drug-likeness (QED) is 0.734. The van der Waals surface area contributed by atoms with E-state index in [1.807, 2.05) is 51.1 Å². The van der Waals surface area contributed by atoms with Crippen molar-refractivity contribution < 1.29 is 10.0 Å². The van der Waals surface area contributed by atoms with Crippen LogP contribution in [0.15, 0.2) is 35.9 Å². The maximum absolute atomic E-state index is 11.9. The van der Waals surface area contributed by atoms with Crippen molar-refractivity contribution in [2.75, 3.05) is 0 Å². The van der Waals surface area contributed by atoms with Gasteiger partial charge in [-0.2, -0.15) is 0 Å². The second kappa shape index (κ2) is 3.46. The summed E-state index contributed by atoms with van der Waals surface area (Å²) in [5.74, 6) is -0.325. The van der Waals surface area contributed by atoms with Crippen molar-refractivity contribution in [3.05, 3.63) is 41.5 Å². The third kappa shape index (κ3) is 1.36. The molecule has 84 valence electrons. The third-order valence-electron chi connectivity index (χ3n) is 3.29. The van der Waals surface area contributed by atoms with Gasteiger partial charge in [-0.25, -0.2) is 5.06 Å². The molecule has 2 rings (SSSR count). The van der Waals surface area contributed by atoms with Gasteiger partial charge in [-0.3, -0.25) is 10.0 Å². The predicted molar refractivity (Wildman–Crippen MR) is 61.7 cm³/mol. The van der Waals surface area contributed by atoms with Crippen LogP contribution in [0.5, 0.6) is 0 Å². The minimum atomic E-state index is -0.623. The zero-order valence-corrected chi connectivity index (χ0v) is 9.69. The number of hydrogen-bond donors (Lipinski definition) is 1. The summed E-state index contributed by atoms with van der Waals surface area (Å²) in [4.78, 5) is 11.9. The summed E-state index contributed by atoms with van der Waals surface area (Å²) in [6.07, 6.45) is 0. The Morgan fingerprint density at radius 2 is 1.75 bits per heavy atom. The lowest BCUT2D eigenvalue weighted by Crippen LogP contribution is -2.40. The van der Waals surface area contributed by atoms with Gasteiger partial charge in [0, 0.05) is 0 Å². The van der Waals surface area contributed by atoms with Gasteiger partial charge in [0.05, 0.1) is 11.1 Å². The molecule has 0 fully saturated rings. The first-order chi connectivity index (χ1) is 7.46. The molecule has 0 saturated heterocycles. The van der Waals surface area contributed by atoms with Gasteiger partial charge in [0.25, 0.3) is 5.91 Å². The lowest BCUT2D eigenvalue weighted by Gasteiger charge is -2.27. The fourth-order valence-electron chi connectivity index (χ4n) is 1.93. The van der Waals surface area contributed by atoms with E-state index >= 15 is 0 Å². The van der Waals surface area contributed by atoms with E-state index in [4.69, 9.17) is 0 Å². The summed E-state index contributed by atoms with van der Waals surface area (Å²) in [6, 6.07) is 9.44. The highest BCUT2D eigenvalue weighted by Crippen LogP contribution is 2.38. The number of rotatable bonds is 1. The topological polar surface area (TPSA) is 40.5 Å². The molecule has 1 aromatic carbocycles. The highest BCUT2D eigenvalue weighted by atomic mass is 16.5. The van der Waals surface area contributed by atoms with E-state index in [1.165, 1.54) is 0 Å². The van der Waals surface area contributed by atoms with E-state index in [1.54, 1.807) is 0 Å². The molecular formula is C13H15NO2. The standard InChI is InChI=1S/C13H15NO2/c1-9-11(10-7-5-4-6-8-10)12(15)14(16)13(9,2)3/h4-8,16H,1-3H3. The van der Waals surface area contributed by atoms with Gasteiger partial charge in [-0.15, -0.1) is 0 Å². The van der Waals surface area contributed by atoms with E-state index in [0.29, 0.717) is 5.57 Å². The highest BCUT2D eigenvalue weighted by Gasteiger charge is 2.42. The molecule has 0 atom stereocenters. The second-order valence-electron chi connectivity index (χ2n) is 4.54. The molecular weight excluding hydrogens is 202 g/mol. The largest absolute Gasteiger partial charge is 0.285 e. The predicted octanol–water partition coefficient (Wildman–Crippen LogP) is 2.47. The molecule has 1 amide bonds. The number of carbonyl (C=O) groups is 1. The van der Waals surface area contributed by atoms with E-state index in [2.05, 4.69) is 0 Å². The number of nitrogens with zero attached hydrogens (tertiary/aromatic N) is 1. The maximum atomic E-state index is 11.9. The maximum Gasteiger partial charge on any atom is 0.278 e. The van der Waals surface area contributed by atoms with E-state index in [9.17, 15) is 10.0 Å². The van der Waals surface area contributed by atoms with Gasteiger partial charge in [0.15, 0.2) is 0 Å². The van der Waals surface area contributed by atoms with Crippen LogP contribution in [0.4, 0.5) is 0 Å². The number of amides is 1. The second-order valence-corrected chi connectivity index (χ2v) is 4.54. The summed E-state index contributed by atoms with van der Waals surface area (Å²) in [7, 11) is 0. The molecule has 16 heavy (non-hydrogen) atoms. The van der Waals surface area contributed by atoms with Crippen LogP contribution in [0, 0.1) is 0 Å². The number of hydroxylamine groups is 2. The first kappa shape index (κ1) is 10.9. The van der Waals surface area contributed by atoms with Crippen molar-refractivity contribution in [1.82, 2.24) is 5.06 Å². The first-order valence-electron chi connectivity index (χ1n) is 5.26. The average Bonchev–Trinajstić information content (AvgIpc) is 2.42. The van der Waals surface area contributed by atoms with Gasteiger partial charge in [-0.1, -0.05) is 30.3 Å². The van der Waals surface area contributed by atoms with Crippen LogP contribution in [0.2, 0.25) is 0 Å². The summed E-state index contributed by atoms with van der Waals surface area (Å²) in [6.45, 7) is 5.54. The first-order valence-corrected chi connectivity index (χ1v) is 5.26. The molecule has 1 aliphatic heterocycles. The van der Waals surface area contributed by atoms with Crippen LogP contribution >= 0.6 is 0 Å². The Bertz CT molecular complexity index is 460. The summed E-state index contributed by atoms with van der Waals surface area (Å²) in [5, 5.41) is 10.6. The van der Waals surface area contributed by atoms with Gasteiger partial charge in [0.2, 0.25) is 0 Å². The summed E-state index contributed by atoms with van der Waals surface area (Å²) < 4.78 is 0. The third-order valence-corrected chi connectivity index (χ3v) is 3.29.